The molecule has 0 unspecified atom stereocenters. The van der Waals surface area contributed by atoms with Gasteiger partial charge in [0.15, 0.2) is 0 Å². The molecule has 0 fully saturated rings. The molecule has 0 amide bonds. The molecular formula is C27H28N2O3S. The maximum atomic E-state index is 11.1. The van der Waals surface area contributed by atoms with Crippen molar-refractivity contribution < 1.29 is 14.6 Å². The van der Waals surface area contributed by atoms with E-state index in [-0.39, 0.29) is 12.3 Å². The van der Waals surface area contributed by atoms with Crippen LogP contribution in [0.25, 0.3) is 0 Å². The molecule has 0 saturated carbocycles. The fourth-order valence-electron chi connectivity index (χ4n) is 4.16. The zero-order chi connectivity index (χ0) is 23.2. The number of aryl methyl sites for hydroxylation is 1. The average Bonchev–Trinajstić information content (AvgIpc) is 3.17. The molecule has 0 spiro atoms. The Hall–Kier alpha value is -3.14. The Morgan fingerprint density at radius 3 is 2.79 bits per heavy atom. The maximum absolute atomic E-state index is 11.1. The van der Waals surface area contributed by atoms with Crippen molar-refractivity contribution >= 4 is 17.3 Å². The lowest BCUT2D eigenvalue weighted by Gasteiger charge is -2.26. The average molecular weight is 461 g/mol. The number of hydrogen-bond donors (Lipinski definition) is 1. The van der Waals surface area contributed by atoms with Crippen LogP contribution in [0.4, 0.5) is 0 Å². The van der Waals surface area contributed by atoms with Gasteiger partial charge < -0.3 is 9.84 Å². The standard InChI is InChI=1S/C27H28N2O3S/c1-3-5-23(15-27(30)31)22-8-10-24(11-9-22)32-18-21-7-4-6-20(14-21)16-29-13-12-26-25(17-29)28-19(2)33-26/h4,6-11,14,23H,12-13,15-18H2,1-2H3,(H,30,31)/t23-/m0/s1. The Morgan fingerprint density at radius 1 is 1.24 bits per heavy atom. The second kappa shape index (κ2) is 10.7. The summed E-state index contributed by atoms with van der Waals surface area (Å²) < 4.78 is 5.99. The highest BCUT2D eigenvalue weighted by atomic mass is 32.1. The summed E-state index contributed by atoms with van der Waals surface area (Å²) in [5.41, 5.74) is 4.53. The lowest BCUT2D eigenvalue weighted by Crippen LogP contribution is -2.29. The summed E-state index contributed by atoms with van der Waals surface area (Å²) in [5, 5.41) is 10.3. The second-order valence-corrected chi connectivity index (χ2v) is 9.57. The van der Waals surface area contributed by atoms with Crippen molar-refractivity contribution in [2.45, 2.75) is 52.3 Å². The summed E-state index contributed by atoms with van der Waals surface area (Å²) in [5.74, 6) is 5.39. The Labute approximate surface area is 199 Å². The molecule has 5 nitrogen and oxygen atoms in total. The van der Waals surface area contributed by atoms with Gasteiger partial charge in [-0.05, 0) is 49.1 Å². The zero-order valence-corrected chi connectivity index (χ0v) is 19.8. The minimum atomic E-state index is -0.852. The molecule has 6 heteroatoms. The Bertz CT molecular complexity index is 1170. The normalized spacial score (nSPS) is 14.1. The quantitative estimate of drug-likeness (QED) is 0.470. The minimum Gasteiger partial charge on any atom is -0.489 e. The molecule has 1 aliphatic heterocycles. The van der Waals surface area contributed by atoms with Gasteiger partial charge in [0.05, 0.1) is 23.0 Å². The lowest BCUT2D eigenvalue weighted by molar-refractivity contribution is -0.137. The highest BCUT2D eigenvalue weighted by molar-refractivity contribution is 7.11. The van der Waals surface area contributed by atoms with Crippen molar-refractivity contribution in [2.24, 2.45) is 0 Å². The van der Waals surface area contributed by atoms with E-state index in [2.05, 4.69) is 52.9 Å². The van der Waals surface area contributed by atoms with E-state index in [4.69, 9.17) is 9.84 Å². The van der Waals surface area contributed by atoms with Crippen LogP contribution in [0.3, 0.4) is 0 Å². The molecule has 1 atom stereocenters. The molecule has 1 aliphatic rings. The third-order valence-corrected chi connectivity index (χ3v) is 6.77. The monoisotopic (exact) mass is 460 g/mol. The van der Waals surface area contributed by atoms with Crippen LogP contribution < -0.4 is 4.74 Å². The van der Waals surface area contributed by atoms with Gasteiger partial charge in [0.1, 0.15) is 12.4 Å². The van der Waals surface area contributed by atoms with Crippen LogP contribution in [0.15, 0.2) is 48.5 Å². The largest absolute Gasteiger partial charge is 0.489 e. The predicted molar refractivity (Wildman–Crippen MR) is 130 cm³/mol. The summed E-state index contributed by atoms with van der Waals surface area (Å²) in [7, 11) is 0. The number of ether oxygens (including phenoxy) is 1. The molecule has 0 radical (unpaired) electrons. The first-order valence-corrected chi connectivity index (χ1v) is 11.9. The fourth-order valence-corrected chi connectivity index (χ4v) is 5.09. The smallest absolute Gasteiger partial charge is 0.304 e. The number of fused-ring (bicyclic) bond motifs is 1. The Morgan fingerprint density at radius 2 is 2.03 bits per heavy atom. The van der Waals surface area contributed by atoms with Crippen molar-refractivity contribution in [2.75, 3.05) is 6.54 Å². The van der Waals surface area contributed by atoms with E-state index >= 15 is 0 Å². The Kier molecular flexibility index (Phi) is 7.43. The molecule has 0 bridgehead atoms. The van der Waals surface area contributed by atoms with Gasteiger partial charge in [-0.1, -0.05) is 42.3 Å². The van der Waals surface area contributed by atoms with Crippen molar-refractivity contribution in [1.29, 1.82) is 0 Å². The number of carbonyl (C=O) groups is 1. The van der Waals surface area contributed by atoms with Gasteiger partial charge in [0, 0.05) is 24.5 Å². The van der Waals surface area contributed by atoms with E-state index in [1.54, 1.807) is 6.92 Å². The van der Waals surface area contributed by atoms with Crippen LogP contribution in [-0.2, 0) is 30.9 Å². The van der Waals surface area contributed by atoms with Crippen molar-refractivity contribution in [3.8, 4) is 17.6 Å². The SMILES string of the molecule is CC#C[C@@H](CC(=O)O)c1ccc(OCc2cccc(CN3CCc4sc(C)nc4C3)c2)cc1. The second-order valence-electron chi connectivity index (χ2n) is 8.29. The van der Waals surface area contributed by atoms with Crippen LogP contribution in [0.5, 0.6) is 5.75 Å². The number of hydrogen-bond acceptors (Lipinski definition) is 5. The number of aromatic nitrogens is 1. The summed E-state index contributed by atoms with van der Waals surface area (Å²) in [6, 6.07) is 16.1. The number of benzene rings is 2. The van der Waals surface area contributed by atoms with Gasteiger partial charge in [0.2, 0.25) is 0 Å². The predicted octanol–water partition coefficient (Wildman–Crippen LogP) is 5.17. The summed E-state index contributed by atoms with van der Waals surface area (Å²) in [6.07, 6.45) is 1.07. The fraction of sp³-hybridized carbons (Fsp3) is 0.333. The summed E-state index contributed by atoms with van der Waals surface area (Å²) in [4.78, 5) is 19.7. The van der Waals surface area contributed by atoms with Gasteiger partial charge in [-0.25, -0.2) is 4.98 Å². The summed E-state index contributed by atoms with van der Waals surface area (Å²) in [6.45, 7) is 7.17. The topological polar surface area (TPSA) is 62.7 Å². The molecular weight excluding hydrogens is 432 g/mol. The van der Waals surface area contributed by atoms with Crippen LogP contribution in [-0.4, -0.2) is 27.5 Å². The molecule has 33 heavy (non-hydrogen) atoms. The van der Waals surface area contributed by atoms with Crippen LogP contribution in [0.1, 0.15) is 51.5 Å². The van der Waals surface area contributed by atoms with E-state index in [9.17, 15) is 4.79 Å². The van der Waals surface area contributed by atoms with E-state index < -0.39 is 5.97 Å². The van der Waals surface area contributed by atoms with Crippen molar-refractivity contribution in [3.05, 3.63) is 80.8 Å². The number of thiazole rings is 1. The Balaban J connectivity index is 1.34. The molecule has 0 aliphatic carbocycles. The molecule has 170 valence electrons. The first-order chi connectivity index (χ1) is 16.0. The molecule has 2 heterocycles. The first kappa shape index (κ1) is 23.0. The zero-order valence-electron chi connectivity index (χ0n) is 19.0. The lowest BCUT2D eigenvalue weighted by atomic mass is 9.96. The third kappa shape index (κ3) is 6.22. The van der Waals surface area contributed by atoms with E-state index in [1.165, 1.54) is 16.1 Å². The number of nitrogens with zero attached hydrogens (tertiary/aromatic N) is 2. The number of carboxylic acid groups (broad SMARTS) is 1. The van der Waals surface area contributed by atoms with Crippen LogP contribution >= 0.6 is 11.3 Å². The van der Waals surface area contributed by atoms with Crippen molar-refractivity contribution in [1.82, 2.24) is 9.88 Å². The van der Waals surface area contributed by atoms with Gasteiger partial charge in [-0.15, -0.1) is 17.3 Å². The van der Waals surface area contributed by atoms with E-state index in [0.717, 1.165) is 47.9 Å². The number of carboxylic acids is 1. The number of aliphatic carboxylic acids is 1. The van der Waals surface area contributed by atoms with Gasteiger partial charge in [-0.2, -0.15) is 0 Å². The highest BCUT2D eigenvalue weighted by Crippen LogP contribution is 2.26. The van der Waals surface area contributed by atoms with Gasteiger partial charge in [-0.3, -0.25) is 9.69 Å². The highest BCUT2D eigenvalue weighted by Gasteiger charge is 2.20. The van der Waals surface area contributed by atoms with E-state index in [1.807, 2.05) is 35.6 Å². The third-order valence-electron chi connectivity index (χ3n) is 5.70. The van der Waals surface area contributed by atoms with Crippen molar-refractivity contribution in [3.63, 3.8) is 0 Å². The molecule has 3 aromatic rings. The first-order valence-electron chi connectivity index (χ1n) is 11.1. The number of rotatable bonds is 8. The molecule has 1 aromatic heterocycles. The van der Waals surface area contributed by atoms with Gasteiger partial charge >= 0.3 is 5.97 Å². The summed E-state index contributed by atoms with van der Waals surface area (Å²) >= 11 is 1.83. The molecule has 1 N–H and O–H groups in total. The molecule has 4 rings (SSSR count). The molecule has 0 saturated heterocycles. The van der Waals surface area contributed by atoms with Gasteiger partial charge in [0.25, 0.3) is 0 Å². The molecule has 2 aromatic carbocycles. The van der Waals surface area contributed by atoms with Crippen LogP contribution in [0.2, 0.25) is 0 Å². The van der Waals surface area contributed by atoms with E-state index in [0.29, 0.717) is 6.61 Å². The maximum Gasteiger partial charge on any atom is 0.304 e. The van der Waals surface area contributed by atoms with Crippen LogP contribution in [0, 0.1) is 18.8 Å². The minimum absolute atomic E-state index is 0.00571.